The van der Waals surface area contributed by atoms with Gasteiger partial charge in [0.15, 0.2) is 6.10 Å². The summed E-state index contributed by atoms with van der Waals surface area (Å²) >= 11 is 0. The van der Waals surface area contributed by atoms with Gasteiger partial charge in [-0.1, -0.05) is 209 Å². The molecule has 0 fully saturated rings. The van der Waals surface area contributed by atoms with Crippen LogP contribution in [0.5, 0.6) is 0 Å². The molecule has 0 aliphatic heterocycles. The van der Waals surface area contributed by atoms with Crippen molar-refractivity contribution in [1.29, 1.82) is 0 Å². The van der Waals surface area contributed by atoms with Crippen LogP contribution >= 0.6 is 7.82 Å². The van der Waals surface area contributed by atoms with E-state index in [1.54, 1.807) is 0 Å². The number of ether oxygens (including phenoxy) is 3. The summed E-state index contributed by atoms with van der Waals surface area (Å²) in [7, 11) is -4.76. The molecular weight excluding hydrogens is 952 g/mol. The van der Waals surface area contributed by atoms with E-state index < -0.39 is 57.8 Å². The van der Waals surface area contributed by atoms with E-state index in [-0.39, 0.29) is 25.9 Å². The lowest BCUT2D eigenvalue weighted by atomic mass is 10.1. The van der Waals surface area contributed by atoms with Gasteiger partial charge >= 0.3 is 25.7 Å². The highest BCUT2D eigenvalue weighted by Crippen LogP contribution is 2.43. The van der Waals surface area contributed by atoms with Crippen LogP contribution in [-0.2, 0) is 42.2 Å². The fourth-order valence-electron chi connectivity index (χ4n) is 8.04. The molecule has 0 saturated carbocycles. The van der Waals surface area contributed by atoms with E-state index >= 15 is 0 Å². The highest BCUT2D eigenvalue weighted by molar-refractivity contribution is 7.47. The number of aliphatic hydroxyl groups excluding tert-OH is 1. The average Bonchev–Trinajstić information content (AvgIpc) is 3.39. The zero-order valence-electron chi connectivity index (χ0n) is 47.3. The molecule has 11 nitrogen and oxygen atoms in total. The molecule has 0 aliphatic carbocycles. The minimum Gasteiger partial charge on any atom is -0.462 e. The molecule has 0 saturated heterocycles. The molecule has 0 bridgehead atoms. The monoisotopic (exact) mass is 1060 g/mol. The quantitative estimate of drug-likeness (QED) is 0.0197. The maximum atomic E-state index is 12.9. The standard InChI is InChI=1S/C62H109O11P/c1-4-7-10-13-16-19-22-25-28-29-32-33-36-39-42-45-48-51-60(64)69-55-59(73-62(66)53-50-47-44-41-38-35-31-27-24-21-18-15-12-9-6-3)57-71-74(67,68)70-56-58(54-63)72-61(65)52-49-46-43-40-37-34-30-26-23-20-17-14-11-8-5-2/h9,12,17-18,20-21,25-28,30-31,58-59,63H,4-8,10-11,13-16,19,22-24,29,32-57H2,1-3H3,(H,67,68)/b12-9-,20-17-,21-18-,28-25-,30-26-,31-27-. The van der Waals surface area contributed by atoms with Crippen molar-refractivity contribution in [3.05, 3.63) is 72.9 Å². The molecule has 12 heteroatoms. The summed E-state index contributed by atoms with van der Waals surface area (Å²) in [5.74, 6) is -1.50. The maximum absolute atomic E-state index is 12.9. The van der Waals surface area contributed by atoms with Crippen LogP contribution < -0.4 is 0 Å². The van der Waals surface area contributed by atoms with Crippen molar-refractivity contribution >= 4 is 25.7 Å². The summed E-state index contributed by atoms with van der Waals surface area (Å²) in [6.45, 7) is 4.48. The van der Waals surface area contributed by atoms with Crippen molar-refractivity contribution in [1.82, 2.24) is 0 Å². The fraction of sp³-hybridized carbons (Fsp3) is 0.758. The molecule has 2 N–H and O–H groups in total. The molecule has 0 spiro atoms. The number of phosphoric acid groups is 1. The van der Waals surface area contributed by atoms with Crippen LogP contribution in [-0.4, -0.2) is 66.5 Å². The molecule has 428 valence electrons. The number of unbranched alkanes of at least 4 members (excludes halogenated alkanes) is 26. The van der Waals surface area contributed by atoms with Gasteiger partial charge < -0.3 is 24.2 Å². The van der Waals surface area contributed by atoms with Crippen molar-refractivity contribution in [2.45, 2.75) is 277 Å². The third-order valence-corrected chi connectivity index (χ3v) is 13.5. The minimum atomic E-state index is -4.76. The van der Waals surface area contributed by atoms with Gasteiger partial charge in [-0.2, -0.15) is 0 Å². The third kappa shape index (κ3) is 53.7. The van der Waals surface area contributed by atoms with Crippen LogP contribution in [0.1, 0.15) is 265 Å². The molecule has 0 aromatic heterocycles. The number of carbonyl (C=O) groups is 3. The molecular formula is C62H109O11P. The molecule has 3 atom stereocenters. The topological polar surface area (TPSA) is 155 Å². The summed E-state index contributed by atoms with van der Waals surface area (Å²) in [6, 6.07) is 0. The van der Waals surface area contributed by atoms with Gasteiger partial charge in [-0.25, -0.2) is 4.57 Å². The first-order valence-corrected chi connectivity index (χ1v) is 31.3. The predicted octanol–water partition coefficient (Wildman–Crippen LogP) is 17.7. The number of rotatable bonds is 55. The number of aliphatic hydroxyl groups is 1. The van der Waals surface area contributed by atoms with Crippen LogP contribution in [0.3, 0.4) is 0 Å². The van der Waals surface area contributed by atoms with Crippen LogP contribution in [0, 0.1) is 0 Å². The number of esters is 3. The summed E-state index contributed by atoms with van der Waals surface area (Å²) in [4.78, 5) is 48.6. The van der Waals surface area contributed by atoms with E-state index in [0.29, 0.717) is 19.3 Å². The Balaban J connectivity index is 4.74. The van der Waals surface area contributed by atoms with Gasteiger partial charge in [0.05, 0.1) is 19.8 Å². The molecule has 0 rings (SSSR count). The van der Waals surface area contributed by atoms with Crippen molar-refractivity contribution in [3.63, 3.8) is 0 Å². The molecule has 3 unspecified atom stereocenters. The van der Waals surface area contributed by atoms with Crippen molar-refractivity contribution < 1.29 is 52.2 Å². The summed E-state index contributed by atoms with van der Waals surface area (Å²) in [5, 5.41) is 9.82. The van der Waals surface area contributed by atoms with Crippen molar-refractivity contribution in [2.75, 3.05) is 26.4 Å². The van der Waals surface area contributed by atoms with Crippen LogP contribution in [0.15, 0.2) is 72.9 Å². The molecule has 0 heterocycles. The third-order valence-electron chi connectivity index (χ3n) is 12.6. The summed E-state index contributed by atoms with van der Waals surface area (Å²) in [6.07, 6.45) is 62.8. The number of carbonyl (C=O) groups excluding carboxylic acids is 3. The second-order valence-electron chi connectivity index (χ2n) is 19.8. The number of allylic oxidation sites excluding steroid dienone is 12. The predicted molar refractivity (Wildman–Crippen MR) is 307 cm³/mol. The zero-order valence-corrected chi connectivity index (χ0v) is 48.2. The Morgan fingerprint density at radius 2 is 0.703 bits per heavy atom. The Labute approximate surface area is 452 Å². The second kappa shape index (κ2) is 56.1. The van der Waals surface area contributed by atoms with Crippen LogP contribution in [0.4, 0.5) is 0 Å². The van der Waals surface area contributed by atoms with Crippen LogP contribution in [0.25, 0.3) is 0 Å². The highest BCUT2D eigenvalue weighted by atomic mass is 31.2. The normalized spacial score (nSPS) is 13.9. The molecule has 0 aliphatic rings. The zero-order chi connectivity index (χ0) is 54.1. The number of hydrogen-bond acceptors (Lipinski definition) is 10. The SMILES string of the molecule is CC/C=C\C/C=C\C/C=C\CCCCCCCC(=O)OC(COC(=O)CCCCCCCCC/C=C\CCCCCCCC)COP(=O)(O)OCC(CO)OC(=O)CCCCCCC/C=C\C/C=C\CCCCC. The molecule has 0 amide bonds. The fourth-order valence-corrected chi connectivity index (χ4v) is 8.83. The molecule has 0 radical (unpaired) electrons. The van der Waals surface area contributed by atoms with Gasteiger partial charge in [-0.15, -0.1) is 0 Å². The van der Waals surface area contributed by atoms with Gasteiger partial charge in [-0.05, 0) is 109 Å². The summed E-state index contributed by atoms with van der Waals surface area (Å²) < 4.78 is 39.5. The molecule has 0 aromatic rings. The van der Waals surface area contributed by atoms with Gasteiger partial charge in [0.2, 0.25) is 0 Å². The largest absolute Gasteiger partial charge is 0.472 e. The maximum Gasteiger partial charge on any atom is 0.472 e. The molecule has 74 heavy (non-hydrogen) atoms. The van der Waals surface area contributed by atoms with E-state index in [0.717, 1.165) is 122 Å². The Morgan fingerprint density at radius 1 is 0.392 bits per heavy atom. The smallest absolute Gasteiger partial charge is 0.462 e. The Bertz CT molecular complexity index is 1520. The van der Waals surface area contributed by atoms with Gasteiger partial charge in [0.25, 0.3) is 0 Å². The van der Waals surface area contributed by atoms with Gasteiger partial charge in [0.1, 0.15) is 12.7 Å². The van der Waals surface area contributed by atoms with E-state index in [2.05, 4.69) is 93.7 Å². The summed E-state index contributed by atoms with van der Waals surface area (Å²) in [5.41, 5.74) is 0. The number of hydrogen-bond donors (Lipinski definition) is 2. The average molecular weight is 1060 g/mol. The first-order chi connectivity index (χ1) is 36.2. The van der Waals surface area contributed by atoms with Crippen molar-refractivity contribution in [2.24, 2.45) is 0 Å². The second-order valence-corrected chi connectivity index (χ2v) is 21.2. The van der Waals surface area contributed by atoms with Crippen LogP contribution in [0.2, 0.25) is 0 Å². The Hall–Kier alpha value is -3.08. The Morgan fingerprint density at radius 3 is 1.12 bits per heavy atom. The van der Waals surface area contributed by atoms with Gasteiger partial charge in [-0.3, -0.25) is 23.4 Å². The van der Waals surface area contributed by atoms with E-state index in [4.69, 9.17) is 23.3 Å². The first kappa shape index (κ1) is 70.9. The lowest BCUT2D eigenvalue weighted by Crippen LogP contribution is -2.30. The Kier molecular flexibility index (Phi) is 53.8. The van der Waals surface area contributed by atoms with E-state index in [1.165, 1.54) is 83.5 Å². The first-order valence-electron chi connectivity index (χ1n) is 29.8. The molecule has 0 aromatic carbocycles. The number of phosphoric ester groups is 1. The van der Waals surface area contributed by atoms with Crippen molar-refractivity contribution in [3.8, 4) is 0 Å². The highest BCUT2D eigenvalue weighted by Gasteiger charge is 2.28. The lowest BCUT2D eigenvalue weighted by molar-refractivity contribution is -0.161. The minimum absolute atomic E-state index is 0.145. The van der Waals surface area contributed by atoms with Gasteiger partial charge in [0, 0.05) is 19.3 Å². The lowest BCUT2D eigenvalue weighted by Gasteiger charge is -2.21. The van der Waals surface area contributed by atoms with E-state index in [1.807, 2.05) is 0 Å². The van der Waals surface area contributed by atoms with E-state index in [9.17, 15) is 28.9 Å².